The fourth-order valence-electron chi connectivity index (χ4n) is 1.60. The number of thiazole rings is 1. The van der Waals surface area contributed by atoms with Crippen LogP contribution in [0.15, 0.2) is 35.8 Å². The van der Waals surface area contributed by atoms with Crippen LogP contribution in [0.2, 0.25) is 0 Å². The van der Waals surface area contributed by atoms with Gasteiger partial charge in [0.1, 0.15) is 5.75 Å². The average Bonchev–Trinajstić information content (AvgIpc) is 2.91. The lowest BCUT2D eigenvalue weighted by Gasteiger charge is -2.08. The number of benzene rings is 1. The SMILES string of the molecule is Cc1ccccc1OCC(=O)NCCc1nccs1. The van der Waals surface area contributed by atoms with E-state index in [1.165, 1.54) is 0 Å². The highest BCUT2D eigenvalue weighted by Crippen LogP contribution is 2.15. The number of hydrogen-bond acceptors (Lipinski definition) is 4. The number of ether oxygens (including phenoxy) is 1. The number of hydrogen-bond donors (Lipinski definition) is 1. The number of aromatic nitrogens is 1. The fourth-order valence-corrected chi connectivity index (χ4v) is 2.22. The maximum atomic E-state index is 11.6. The lowest BCUT2D eigenvalue weighted by Crippen LogP contribution is -2.30. The maximum Gasteiger partial charge on any atom is 0.257 e. The molecule has 0 aliphatic heterocycles. The number of amides is 1. The third kappa shape index (κ3) is 4.37. The van der Waals surface area contributed by atoms with E-state index in [1.54, 1.807) is 17.5 Å². The zero-order chi connectivity index (χ0) is 13.5. The standard InChI is InChI=1S/C14H16N2O2S/c1-11-4-2-3-5-12(11)18-10-13(17)15-7-6-14-16-8-9-19-14/h2-5,8-9H,6-7,10H2,1H3,(H,15,17). The molecule has 0 unspecified atom stereocenters. The molecule has 1 amide bonds. The van der Waals surface area contributed by atoms with Crippen LogP contribution in [0.5, 0.6) is 5.75 Å². The lowest BCUT2D eigenvalue weighted by molar-refractivity contribution is -0.123. The molecule has 1 heterocycles. The van der Waals surface area contributed by atoms with Gasteiger partial charge in [0.05, 0.1) is 5.01 Å². The van der Waals surface area contributed by atoms with Gasteiger partial charge >= 0.3 is 0 Å². The first-order chi connectivity index (χ1) is 9.25. The molecule has 0 bridgehead atoms. The van der Waals surface area contributed by atoms with Crippen molar-refractivity contribution < 1.29 is 9.53 Å². The predicted molar refractivity (Wildman–Crippen MR) is 75.5 cm³/mol. The number of rotatable bonds is 6. The number of carbonyl (C=O) groups excluding carboxylic acids is 1. The third-order valence-electron chi connectivity index (χ3n) is 2.60. The molecule has 0 radical (unpaired) electrons. The van der Waals surface area contributed by atoms with E-state index in [1.807, 2.05) is 36.6 Å². The number of para-hydroxylation sites is 1. The van der Waals surface area contributed by atoms with Crippen molar-refractivity contribution in [2.45, 2.75) is 13.3 Å². The van der Waals surface area contributed by atoms with Gasteiger partial charge in [0.25, 0.3) is 5.91 Å². The van der Waals surface area contributed by atoms with Gasteiger partial charge in [-0.15, -0.1) is 11.3 Å². The molecular formula is C14H16N2O2S. The Labute approximate surface area is 116 Å². The molecule has 1 aromatic carbocycles. The molecule has 0 saturated carbocycles. The molecule has 0 saturated heterocycles. The van der Waals surface area contributed by atoms with E-state index in [-0.39, 0.29) is 12.5 Å². The second-order valence-corrected chi connectivity index (χ2v) is 5.06. The molecule has 4 nitrogen and oxygen atoms in total. The van der Waals surface area contributed by atoms with Crippen LogP contribution in [0.25, 0.3) is 0 Å². The zero-order valence-corrected chi connectivity index (χ0v) is 11.6. The van der Waals surface area contributed by atoms with Gasteiger partial charge in [-0.05, 0) is 18.6 Å². The van der Waals surface area contributed by atoms with Gasteiger partial charge in [-0.1, -0.05) is 18.2 Å². The Bertz CT molecular complexity index is 526. The largest absolute Gasteiger partial charge is 0.484 e. The van der Waals surface area contributed by atoms with Crippen molar-refractivity contribution in [3.8, 4) is 5.75 Å². The van der Waals surface area contributed by atoms with Gasteiger partial charge in [-0.3, -0.25) is 4.79 Å². The quantitative estimate of drug-likeness (QED) is 0.880. The molecule has 0 fully saturated rings. The molecular weight excluding hydrogens is 260 g/mol. The Morgan fingerprint density at radius 3 is 3.00 bits per heavy atom. The Kier molecular flexibility index (Phi) is 4.92. The molecule has 5 heteroatoms. The topological polar surface area (TPSA) is 51.2 Å². The van der Waals surface area contributed by atoms with E-state index in [0.717, 1.165) is 22.7 Å². The first-order valence-electron chi connectivity index (χ1n) is 6.09. The van der Waals surface area contributed by atoms with Crippen molar-refractivity contribution in [3.05, 3.63) is 46.4 Å². The molecule has 19 heavy (non-hydrogen) atoms. The van der Waals surface area contributed by atoms with Gasteiger partial charge in [0.15, 0.2) is 6.61 Å². The Morgan fingerprint density at radius 2 is 2.26 bits per heavy atom. The normalized spacial score (nSPS) is 10.2. The molecule has 1 N–H and O–H groups in total. The van der Waals surface area contributed by atoms with E-state index in [9.17, 15) is 4.79 Å². The number of nitrogens with one attached hydrogen (secondary N) is 1. The minimum atomic E-state index is -0.111. The monoisotopic (exact) mass is 276 g/mol. The lowest BCUT2D eigenvalue weighted by atomic mass is 10.2. The Morgan fingerprint density at radius 1 is 1.42 bits per heavy atom. The van der Waals surface area contributed by atoms with E-state index in [2.05, 4.69) is 10.3 Å². The molecule has 0 aliphatic rings. The van der Waals surface area contributed by atoms with Crippen molar-refractivity contribution in [1.29, 1.82) is 0 Å². The summed E-state index contributed by atoms with van der Waals surface area (Å²) in [4.78, 5) is 15.8. The number of nitrogens with zero attached hydrogens (tertiary/aromatic N) is 1. The summed E-state index contributed by atoms with van der Waals surface area (Å²) in [5.41, 5.74) is 1.03. The Hall–Kier alpha value is -1.88. The Balaban J connectivity index is 1.69. The molecule has 2 rings (SSSR count). The van der Waals surface area contributed by atoms with Crippen molar-refractivity contribution in [3.63, 3.8) is 0 Å². The molecule has 0 spiro atoms. The molecule has 0 aliphatic carbocycles. The van der Waals surface area contributed by atoms with E-state index in [0.29, 0.717) is 6.54 Å². The predicted octanol–water partition coefficient (Wildman–Crippen LogP) is 2.19. The number of carbonyl (C=O) groups is 1. The van der Waals surface area contributed by atoms with Gasteiger partial charge in [-0.2, -0.15) is 0 Å². The summed E-state index contributed by atoms with van der Waals surface area (Å²) in [5, 5.41) is 5.77. The minimum Gasteiger partial charge on any atom is -0.484 e. The van der Waals surface area contributed by atoms with Crippen molar-refractivity contribution in [2.24, 2.45) is 0 Å². The summed E-state index contributed by atoms with van der Waals surface area (Å²) in [5.74, 6) is 0.636. The van der Waals surface area contributed by atoms with Crippen LogP contribution in [0.1, 0.15) is 10.6 Å². The van der Waals surface area contributed by atoms with Crippen LogP contribution in [0.3, 0.4) is 0 Å². The second kappa shape index (κ2) is 6.89. The number of aryl methyl sites for hydroxylation is 1. The summed E-state index contributed by atoms with van der Waals surface area (Å²) in [6.45, 7) is 2.59. The maximum absolute atomic E-state index is 11.6. The first-order valence-corrected chi connectivity index (χ1v) is 6.97. The van der Waals surface area contributed by atoms with Crippen molar-refractivity contribution in [1.82, 2.24) is 10.3 Å². The second-order valence-electron chi connectivity index (χ2n) is 4.08. The van der Waals surface area contributed by atoms with E-state index in [4.69, 9.17) is 4.74 Å². The van der Waals surface area contributed by atoms with Gasteiger partial charge in [-0.25, -0.2) is 4.98 Å². The molecule has 1 aromatic heterocycles. The smallest absolute Gasteiger partial charge is 0.257 e. The molecule has 2 aromatic rings. The summed E-state index contributed by atoms with van der Waals surface area (Å²) < 4.78 is 5.46. The summed E-state index contributed by atoms with van der Waals surface area (Å²) in [7, 11) is 0. The van der Waals surface area contributed by atoms with Crippen molar-refractivity contribution >= 4 is 17.2 Å². The van der Waals surface area contributed by atoms with Crippen LogP contribution >= 0.6 is 11.3 Å². The van der Waals surface area contributed by atoms with Gasteiger partial charge < -0.3 is 10.1 Å². The van der Waals surface area contributed by atoms with Gasteiger partial charge in [0, 0.05) is 24.5 Å². The van der Waals surface area contributed by atoms with Crippen LogP contribution in [-0.4, -0.2) is 24.0 Å². The highest BCUT2D eigenvalue weighted by Gasteiger charge is 2.04. The van der Waals surface area contributed by atoms with Crippen LogP contribution < -0.4 is 10.1 Å². The van der Waals surface area contributed by atoms with Crippen LogP contribution in [0.4, 0.5) is 0 Å². The third-order valence-corrected chi connectivity index (χ3v) is 3.44. The average molecular weight is 276 g/mol. The first kappa shape index (κ1) is 13.5. The van der Waals surface area contributed by atoms with E-state index < -0.39 is 0 Å². The fraction of sp³-hybridized carbons (Fsp3) is 0.286. The zero-order valence-electron chi connectivity index (χ0n) is 10.8. The summed E-state index contributed by atoms with van der Waals surface area (Å²) >= 11 is 1.59. The summed E-state index contributed by atoms with van der Waals surface area (Å²) in [6, 6.07) is 7.65. The van der Waals surface area contributed by atoms with Crippen molar-refractivity contribution in [2.75, 3.05) is 13.2 Å². The molecule has 0 atom stereocenters. The van der Waals surface area contributed by atoms with E-state index >= 15 is 0 Å². The molecule has 100 valence electrons. The highest BCUT2D eigenvalue weighted by molar-refractivity contribution is 7.09. The van der Waals surface area contributed by atoms with Crippen LogP contribution in [-0.2, 0) is 11.2 Å². The minimum absolute atomic E-state index is 0.0444. The summed E-state index contributed by atoms with van der Waals surface area (Å²) in [6.07, 6.45) is 2.52. The van der Waals surface area contributed by atoms with Gasteiger partial charge in [0.2, 0.25) is 0 Å². The van der Waals surface area contributed by atoms with Crippen LogP contribution in [0, 0.1) is 6.92 Å². The highest BCUT2D eigenvalue weighted by atomic mass is 32.1.